The lowest BCUT2D eigenvalue weighted by atomic mass is 10.4. The lowest BCUT2D eigenvalue weighted by Crippen LogP contribution is -2.00. The molecule has 0 saturated heterocycles. The Bertz CT molecular complexity index is 630. The Morgan fingerprint density at radius 1 is 1.28 bits per heavy atom. The molecule has 3 aromatic rings. The lowest BCUT2D eigenvalue weighted by molar-refractivity contribution is 0.454. The highest BCUT2D eigenvalue weighted by molar-refractivity contribution is 6.16. The first-order chi connectivity index (χ1) is 8.85. The van der Waals surface area contributed by atoms with Gasteiger partial charge in [0.05, 0.1) is 24.0 Å². The van der Waals surface area contributed by atoms with Crippen molar-refractivity contribution in [3.63, 3.8) is 0 Å². The van der Waals surface area contributed by atoms with Gasteiger partial charge in [-0.05, 0) is 12.1 Å². The van der Waals surface area contributed by atoms with Crippen molar-refractivity contribution >= 4 is 11.6 Å². The van der Waals surface area contributed by atoms with Crippen LogP contribution in [0.1, 0.15) is 11.6 Å². The minimum atomic E-state index is 0.321. The maximum Gasteiger partial charge on any atom is 0.283 e. The lowest BCUT2D eigenvalue weighted by Gasteiger charge is -1.92. The summed E-state index contributed by atoms with van der Waals surface area (Å²) in [5.74, 6) is 1.62. The normalized spacial score (nSPS) is 10.9. The number of hydrogen-bond donors (Lipinski definition) is 0. The first-order valence-electron chi connectivity index (χ1n) is 5.16. The van der Waals surface area contributed by atoms with E-state index in [-0.39, 0.29) is 0 Å². The Morgan fingerprint density at radius 3 is 2.94 bits per heavy atom. The van der Waals surface area contributed by atoms with Crippen LogP contribution in [0.5, 0.6) is 0 Å². The Kier molecular flexibility index (Phi) is 2.81. The van der Waals surface area contributed by atoms with E-state index < -0.39 is 0 Å². The van der Waals surface area contributed by atoms with Crippen molar-refractivity contribution in [3.8, 4) is 11.7 Å². The van der Waals surface area contributed by atoms with Crippen molar-refractivity contribution in [3.05, 3.63) is 36.2 Å². The second kappa shape index (κ2) is 4.61. The molecule has 0 atom stereocenters. The van der Waals surface area contributed by atoms with Crippen LogP contribution in [-0.4, -0.2) is 25.2 Å². The van der Waals surface area contributed by atoms with Gasteiger partial charge in [-0.3, -0.25) is 0 Å². The third-order valence-electron chi connectivity index (χ3n) is 2.22. The van der Waals surface area contributed by atoms with E-state index in [2.05, 4.69) is 20.5 Å². The van der Waals surface area contributed by atoms with Crippen LogP contribution in [0.25, 0.3) is 11.7 Å². The second-order valence-electron chi connectivity index (χ2n) is 3.52. The number of aromatic nitrogens is 5. The van der Waals surface area contributed by atoms with Crippen molar-refractivity contribution < 1.29 is 8.83 Å². The highest BCUT2D eigenvalue weighted by atomic mass is 35.5. The molecule has 7 nitrogen and oxygen atoms in total. The Morgan fingerprint density at radius 2 is 2.22 bits per heavy atom. The number of nitrogens with zero attached hydrogens (tertiary/aromatic N) is 5. The highest BCUT2D eigenvalue weighted by Crippen LogP contribution is 2.18. The van der Waals surface area contributed by atoms with Gasteiger partial charge in [0, 0.05) is 0 Å². The van der Waals surface area contributed by atoms with E-state index in [0.29, 0.717) is 35.7 Å². The third-order valence-corrected chi connectivity index (χ3v) is 2.49. The maximum absolute atomic E-state index is 5.64. The summed E-state index contributed by atoms with van der Waals surface area (Å²) in [5, 5.41) is 15.5. The average molecular weight is 266 g/mol. The summed E-state index contributed by atoms with van der Waals surface area (Å²) in [6.45, 7) is 0.345. The monoisotopic (exact) mass is 265 g/mol. The summed E-state index contributed by atoms with van der Waals surface area (Å²) in [4.78, 5) is 0. The molecule has 3 heterocycles. The van der Waals surface area contributed by atoms with Crippen LogP contribution < -0.4 is 0 Å². The van der Waals surface area contributed by atoms with E-state index in [9.17, 15) is 0 Å². The topological polar surface area (TPSA) is 82.8 Å². The Balaban J connectivity index is 1.77. The van der Waals surface area contributed by atoms with Crippen molar-refractivity contribution in [1.82, 2.24) is 25.2 Å². The molecule has 92 valence electrons. The van der Waals surface area contributed by atoms with Gasteiger partial charge in [0.2, 0.25) is 5.89 Å². The fraction of sp³-hybridized carbons (Fsp3) is 0.200. The zero-order chi connectivity index (χ0) is 12.4. The minimum absolute atomic E-state index is 0.321. The van der Waals surface area contributed by atoms with Gasteiger partial charge < -0.3 is 8.83 Å². The van der Waals surface area contributed by atoms with Crippen LogP contribution in [0.4, 0.5) is 0 Å². The predicted molar refractivity (Wildman–Crippen MR) is 60.7 cm³/mol. The van der Waals surface area contributed by atoms with Gasteiger partial charge in [-0.25, -0.2) is 4.68 Å². The zero-order valence-electron chi connectivity index (χ0n) is 9.15. The van der Waals surface area contributed by atoms with Crippen LogP contribution in [0, 0.1) is 0 Å². The molecule has 0 spiro atoms. The number of hydrogen-bond acceptors (Lipinski definition) is 6. The minimum Gasteiger partial charge on any atom is -0.459 e. The summed E-state index contributed by atoms with van der Waals surface area (Å²) in [6, 6.07) is 3.50. The van der Waals surface area contributed by atoms with Crippen LogP contribution in [-0.2, 0) is 12.4 Å². The second-order valence-corrected chi connectivity index (χ2v) is 3.79. The molecular weight excluding hydrogens is 258 g/mol. The zero-order valence-corrected chi connectivity index (χ0v) is 9.91. The van der Waals surface area contributed by atoms with E-state index >= 15 is 0 Å². The molecular formula is C10H8ClN5O2. The third kappa shape index (κ3) is 2.12. The number of alkyl halides is 1. The van der Waals surface area contributed by atoms with Gasteiger partial charge in [-0.1, -0.05) is 5.21 Å². The molecule has 0 radical (unpaired) electrons. The predicted octanol–water partition coefficient (Wildman–Crippen LogP) is 1.71. The largest absolute Gasteiger partial charge is 0.459 e. The first kappa shape index (κ1) is 11.0. The van der Waals surface area contributed by atoms with Crippen LogP contribution in [0.15, 0.2) is 33.4 Å². The Hall–Kier alpha value is -2.15. The molecule has 0 bridgehead atoms. The van der Waals surface area contributed by atoms with E-state index in [1.165, 1.54) is 0 Å². The van der Waals surface area contributed by atoms with Crippen molar-refractivity contribution in [2.45, 2.75) is 12.4 Å². The molecule has 0 unspecified atom stereocenters. The van der Waals surface area contributed by atoms with Gasteiger partial charge in [-0.15, -0.1) is 26.9 Å². The van der Waals surface area contributed by atoms with E-state index in [1.807, 2.05) is 0 Å². The summed E-state index contributed by atoms with van der Waals surface area (Å²) in [5.41, 5.74) is 0.697. The molecule has 18 heavy (non-hydrogen) atoms. The smallest absolute Gasteiger partial charge is 0.283 e. The first-order valence-corrected chi connectivity index (χ1v) is 5.70. The molecule has 0 aliphatic heterocycles. The van der Waals surface area contributed by atoms with Gasteiger partial charge in [0.15, 0.2) is 5.76 Å². The van der Waals surface area contributed by atoms with Gasteiger partial charge in [0.25, 0.3) is 5.89 Å². The summed E-state index contributed by atoms with van der Waals surface area (Å²) in [6.07, 6.45) is 3.27. The molecule has 3 rings (SSSR count). The number of halogens is 1. The van der Waals surface area contributed by atoms with Crippen LogP contribution >= 0.6 is 11.6 Å². The van der Waals surface area contributed by atoms with Crippen LogP contribution in [0.2, 0.25) is 0 Å². The molecule has 0 N–H and O–H groups in total. The van der Waals surface area contributed by atoms with Crippen molar-refractivity contribution in [1.29, 1.82) is 0 Å². The van der Waals surface area contributed by atoms with Gasteiger partial charge in [0.1, 0.15) is 6.54 Å². The summed E-state index contributed by atoms with van der Waals surface area (Å²) >= 11 is 5.64. The average Bonchev–Trinajstić information content (AvgIpc) is 3.10. The number of furan rings is 1. The van der Waals surface area contributed by atoms with Crippen molar-refractivity contribution in [2.75, 3.05) is 0 Å². The Labute approximate surface area is 106 Å². The molecule has 0 saturated carbocycles. The van der Waals surface area contributed by atoms with Gasteiger partial charge >= 0.3 is 0 Å². The van der Waals surface area contributed by atoms with E-state index in [0.717, 1.165) is 0 Å². The maximum atomic E-state index is 5.64. The van der Waals surface area contributed by atoms with Crippen LogP contribution in [0.3, 0.4) is 0 Å². The highest BCUT2D eigenvalue weighted by Gasteiger charge is 2.11. The fourth-order valence-electron chi connectivity index (χ4n) is 1.43. The SMILES string of the molecule is ClCc1cn(Cc2nnc(-c3ccco3)o2)nn1. The molecule has 0 amide bonds. The fourth-order valence-corrected chi connectivity index (χ4v) is 1.56. The van der Waals surface area contributed by atoms with E-state index in [4.69, 9.17) is 20.4 Å². The molecule has 0 fully saturated rings. The standard InChI is InChI=1S/C10H8ClN5O2/c11-4-7-5-16(15-12-7)6-9-13-14-10(18-9)8-2-1-3-17-8/h1-3,5H,4,6H2. The van der Waals surface area contributed by atoms with Gasteiger partial charge in [-0.2, -0.15) is 0 Å². The summed E-state index contributed by atoms with van der Waals surface area (Å²) in [7, 11) is 0. The van der Waals surface area contributed by atoms with E-state index in [1.54, 1.807) is 29.3 Å². The molecule has 0 aliphatic rings. The van der Waals surface area contributed by atoms with Crippen molar-refractivity contribution in [2.24, 2.45) is 0 Å². The molecule has 0 aromatic carbocycles. The summed E-state index contributed by atoms with van der Waals surface area (Å²) < 4.78 is 12.2. The molecule has 3 aromatic heterocycles. The quantitative estimate of drug-likeness (QED) is 0.668. The number of rotatable bonds is 4. The molecule has 0 aliphatic carbocycles. The molecule has 8 heteroatoms.